The molecule has 0 spiro atoms. The number of hydrogen-bond acceptors (Lipinski definition) is 4. The molecule has 0 saturated heterocycles. The van der Waals surface area contributed by atoms with E-state index in [9.17, 15) is 0 Å². The van der Waals surface area contributed by atoms with Crippen LogP contribution in [0.25, 0.3) is 0 Å². The molecule has 4 heteroatoms. The lowest BCUT2D eigenvalue weighted by atomic mass is 10.2. The zero-order valence-corrected chi connectivity index (χ0v) is 8.01. The summed E-state index contributed by atoms with van der Waals surface area (Å²) in [5.74, 6) is 0. The molecule has 0 fully saturated rings. The molecule has 0 saturated carbocycles. The predicted molar refractivity (Wildman–Crippen MR) is 54.4 cm³/mol. The summed E-state index contributed by atoms with van der Waals surface area (Å²) >= 11 is 1.49. The molecule has 0 radical (unpaired) electrons. The minimum absolute atomic E-state index is 0.823. The van der Waals surface area contributed by atoms with Crippen LogP contribution in [0, 0.1) is 6.92 Å². The van der Waals surface area contributed by atoms with Crippen molar-refractivity contribution < 1.29 is 0 Å². The highest BCUT2D eigenvalue weighted by Gasteiger charge is 1.95. The largest absolute Gasteiger partial charge is 0.330 e. The van der Waals surface area contributed by atoms with Crippen molar-refractivity contribution >= 4 is 22.2 Å². The first kappa shape index (κ1) is 8.19. The molecule has 0 amide bonds. The summed E-state index contributed by atoms with van der Waals surface area (Å²) in [4.78, 5) is 0. The summed E-state index contributed by atoms with van der Waals surface area (Å²) in [5, 5.41) is 11.6. The number of anilines is 2. The van der Waals surface area contributed by atoms with E-state index in [2.05, 4.69) is 34.6 Å². The molecular formula is C9H9N3S. The number of aromatic nitrogens is 2. The highest BCUT2D eigenvalue weighted by molar-refractivity contribution is 7.13. The molecule has 66 valence electrons. The molecule has 3 nitrogen and oxygen atoms in total. The lowest BCUT2D eigenvalue weighted by Crippen LogP contribution is -1.88. The van der Waals surface area contributed by atoms with Crippen molar-refractivity contribution in [2.45, 2.75) is 6.92 Å². The van der Waals surface area contributed by atoms with Crippen LogP contribution >= 0.6 is 11.3 Å². The molecule has 0 bridgehead atoms. The quantitative estimate of drug-likeness (QED) is 0.792. The molecule has 0 aliphatic carbocycles. The Kier molecular flexibility index (Phi) is 2.23. The standard InChI is InChI=1S/C9H9N3S/c1-7-2-4-8(5-3-7)11-9-12-10-6-13-9/h2-6H,1H3,(H,11,12). The predicted octanol–water partition coefficient (Wildman–Crippen LogP) is 2.59. The van der Waals surface area contributed by atoms with Gasteiger partial charge in [0.2, 0.25) is 5.13 Å². The Hall–Kier alpha value is -1.42. The number of nitrogens with zero attached hydrogens (tertiary/aromatic N) is 2. The van der Waals surface area contributed by atoms with Crippen molar-refractivity contribution in [1.82, 2.24) is 10.2 Å². The van der Waals surface area contributed by atoms with Crippen molar-refractivity contribution in [3.63, 3.8) is 0 Å². The molecule has 2 aromatic rings. The van der Waals surface area contributed by atoms with Gasteiger partial charge in [-0.05, 0) is 19.1 Å². The molecule has 0 unspecified atom stereocenters. The average Bonchev–Trinajstić information content (AvgIpc) is 2.62. The first-order valence-electron chi connectivity index (χ1n) is 3.94. The summed E-state index contributed by atoms with van der Waals surface area (Å²) in [6, 6.07) is 8.17. The van der Waals surface area contributed by atoms with Gasteiger partial charge in [-0.15, -0.1) is 10.2 Å². The normalized spacial score (nSPS) is 9.92. The Balaban J connectivity index is 2.15. The first-order chi connectivity index (χ1) is 6.34. The molecular weight excluding hydrogens is 182 g/mol. The summed E-state index contributed by atoms with van der Waals surface area (Å²) in [7, 11) is 0. The van der Waals surface area contributed by atoms with E-state index in [0.29, 0.717) is 0 Å². The van der Waals surface area contributed by atoms with Gasteiger partial charge in [0, 0.05) is 5.69 Å². The minimum Gasteiger partial charge on any atom is -0.330 e. The Morgan fingerprint density at radius 3 is 2.62 bits per heavy atom. The molecule has 1 aromatic heterocycles. The van der Waals surface area contributed by atoms with E-state index in [0.717, 1.165) is 10.8 Å². The Morgan fingerprint density at radius 2 is 2.00 bits per heavy atom. The third-order valence-corrected chi connectivity index (χ3v) is 2.27. The maximum absolute atomic E-state index is 3.89. The molecule has 2 rings (SSSR count). The topological polar surface area (TPSA) is 37.8 Å². The van der Waals surface area contributed by atoms with Gasteiger partial charge in [0.25, 0.3) is 0 Å². The summed E-state index contributed by atoms with van der Waals surface area (Å²) in [5.41, 5.74) is 4.00. The zero-order valence-electron chi connectivity index (χ0n) is 7.19. The highest BCUT2D eigenvalue weighted by atomic mass is 32.1. The van der Waals surface area contributed by atoms with E-state index < -0.39 is 0 Å². The van der Waals surface area contributed by atoms with Crippen LogP contribution in [0.15, 0.2) is 29.8 Å². The molecule has 0 aliphatic rings. The lowest BCUT2D eigenvalue weighted by molar-refractivity contribution is 1.09. The monoisotopic (exact) mass is 191 g/mol. The zero-order chi connectivity index (χ0) is 9.10. The van der Waals surface area contributed by atoms with Crippen LogP contribution in [-0.2, 0) is 0 Å². The van der Waals surface area contributed by atoms with Gasteiger partial charge >= 0.3 is 0 Å². The lowest BCUT2D eigenvalue weighted by Gasteiger charge is -2.00. The van der Waals surface area contributed by atoms with Crippen LogP contribution in [-0.4, -0.2) is 10.2 Å². The maximum Gasteiger partial charge on any atom is 0.209 e. The Labute approximate surface area is 80.5 Å². The van der Waals surface area contributed by atoms with E-state index in [1.165, 1.54) is 16.9 Å². The molecule has 0 aliphatic heterocycles. The van der Waals surface area contributed by atoms with Crippen molar-refractivity contribution in [3.05, 3.63) is 35.3 Å². The fourth-order valence-electron chi connectivity index (χ4n) is 0.988. The van der Waals surface area contributed by atoms with E-state index in [1.54, 1.807) is 5.51 Å². The number of benzene rings is 1. The Bertz CT molecular complexity index is 366. The van der Waals surface area contributed by atoms with E-state index >= 15 is 0 Å². The highest BCUT2D eigenvalue weighted by Crippen LogP contribution is 2.17. The third kappa shape index (κ3) is 2.03. The van der Waals surface area contributed by atoms with Crippen LogP contribution < -0.4 is 5.32 Å². The molecule has 0 atom stereocenters. The van der Waals surface area contributed by atoms with Crippen LogP contribution in [0.3, 0.4) is 0 Å². The van der Waals surface area contributed by atoms with E-state index in [-0.39, 0.29) is 0 Å². The van der Waals surface area contributed by atoms with Crippen LogP contribution in [0.4, 0.5) is 10.8 Å². The average molecular weight is 191 g/mol. The summed E-state index contributed by atoms with van der Waals surface area (Å²) in [6.07, 6.45) is 0. The van der Waals surface area contributed by atoms with Gasteiger partial charge < -0.3 is 5.32 Å². The summed E-state index contributed by atoms with van der Waals surface area (Å²) < 4.78 is 0. The van der Waals surface area contributed by atoms with Crippen LogP contribution in [0.1, 0.15) is 5.56 Å². The van der Waals surface area contributed by atoms with Gasteiger partial charge in [0.1, 0.15) is 5.51 Å². The number of rotatable bonds is 2. The minimum atomic E-state index is 0.823. The molecule has 13 heavy (non-hydrogen) atoms. The molecule has 1 aromatic carbocycles. The van der Waals surface area contributed by atoms with Gasteiger partial charge in [-0.3, -0.25) is 0 Å². The molecule has 1 heterocycles. The third-order valence-electron chi connectivity index (χ3n) is 1.66. The maximum atomic E-state index is 3.89. The van der Waals surface area contributed by atoms with Gasteiger partial charge in [-0.2, -0.15) is 0 Å². The second-order valence-electron chi connectivity index (χ2n) is 2.73. The smallest absolute Gasteiger partial charge is 0.209 e. The molecule has 1 N–H and O–H groups in total. The van der Waals surface area contributed by atoms with Crippen molar-refractivity contribution in [3.8, 4) is 0 Å². The summed E-state index contributed by atoms with van der Waals surface area (Å²) in [6.45, 7) is 2.06. The number of aryl methyl sites for hydroxylation is 1. The van der Waals surface area contributed by atoms with Crippen LogP contribution in [0.5, 0.6) is 0 Å². The van der Waals surface area contributed by atoms with Gasteiger partial charge in [0.15, 0.2) is 0 Å². The van der Waals surface area contributed by atoms with Gasteiger partial charge in [-0.25, -0.2) is 0 Å². The number of nitrogens with one attached hydrogen (secondary N) is 1. The fourth-order valence-corrected chi connectivity index (χ4v) is 1.45. The fraction of sp³-hybridized carbons (Fsp3) is 0.111. The van der Waals surface area contributed by atoms with Crippen molar-refractivity contribution in [2.24, 2.45) is 0 Å². The first-order valence-corrected chi connectivity index (χ1v) is 4.82. The van der Waals surface area contributed by atoms with Crippen molar-refractivity contribution in [2.75, 3.05) is 5.32 Å². The van der Waals surface area contributed by atoms with E-state index in [4.69, 9.17) is 0 Å². The second-order valence-corrected chi connectivity index (χ2v) is 3.57. The van der Waals surface area contributed by atoms with Crippen molar-refractivity contribution in [1.29, 1.82) is 0 Å². The van der Waals surface area contributed by atoms with Gasteiger partial charge in [-0.1, -0.05) is 29.0 Å². The Morgan fingerprint density at radius 1 is 1.23 bits per heavy atom. The SMILES string of the molecule is Cc1ccc(Nc2nncs2)cc1. The van der Waals surface area contributed by atoms with E-state index in [1.807, 2.05) is 12.1 Å². The van der Waals surface area contributed by atoms with Crippen LogP contribution in [0.2, 0.25) is 0 Å². The second kappa shape index (κ2) is 3.53. The number of hydrogen-bond donors (Lipinski definition) is 1. The van der Waals surface area contributed by atoms with Gasteiger partial charge in [0.05, 0.1) is 0 Å².